The highest BCUT2D eigenvalue weighted by Crippen LogP contribution is 2.37. The first kappa shape index (κ1) is 18.2. The van der Waals surface area contributed by atoms with E-state index in [1.807, 2.05) is 4.90 Å². The molecular weight excluding hydrogens is 332 g/mol. The maximum Gasteiger partial charge on any atom is 0.416 e. The van der Waals surface area contributed by atoms with E-state index in [2.05, 4.69) is 11.9 Å². The third-order valence-electron chi connectivity index (χ3n) is 3.98. The zero-order valence-electron chi connectivity index (χ0n) is 12.6. The van der Waals surface area contributed by atoms with E-state index in [-0.39, 0.29) is 5.56 Å². The van der Waals surface area contributed by atoms with E-state index in [0.29, 0.717) is 32.0 Å². The summed E-state index contributed by atoms with van der Waals surface area (Å²) in [6.45, 7) is 6.38. The summed E-state index contributed by atoms with van der Waals surface area (Å²) in [6, 6.07) is 1.08. The number of rotatable bonds is 5. The molecule has 0 bridgehead atoms. The number of allylic oxidation sites excluding steroid dienone is 1. The lowest BCUT2D eigenvalue weighted by Crippen LogP contribution is -2.45. The van der Waals surface area contributed by atoms with Crippen molar-refractivity contribution in [3.63, 3.8) is 0 Å². The van der Waals surface area contributed by atoms with E-state index >= 15 is 0 Å². The first-order valence-electron chi connectivity index (χ1n) is 7.46. The summed E-state index contributed by atoms with van der Waals surface area (Å²) in [5, 5.41) is 2.69. The molecule has 1 fully saturated rings. The van der Waals surface area contributed by atoms with Crippen molar-refractivity contribution in [2.75, 3.05) is 26.2 Å². The Morgan fingerprint density at radius 3 is 2.52 bits per heavy atom. The third-order valence-corrected chi connectivity index (χ3v) is 4.25. The number of nitrogens with zero attached hydrogens (tertiary/aromatic N) is 1. The Balaban J connectivity index is 2.43. The van der Waals surface area contributed by atoms with Crippen molar-refractivity contribution < 1.29 is 17.6 Å². The highest BCUT2D eigenvalue weighted by molar-refractivity contribution is 6.30. The van der Waals surface area contributed by atoms with Crippen molar-refractivity contribution in [2.45, 2.75) is 25.1 Å². The molecule has 7 heteroatoms. The van der Waals surface area contributed by atoms with Crippen LogP contribution >= 0.6 is 11.6 Å². The van der Waals surface area contributed by atoms with E-state index in [4.69, 9.17) is 11.6 Å². The highest BCUT2D eigenvalue weighted by Gasteiger charge is 2.34. The fourth-order valence-corrected chi connectivity index (χ4v) is 3.05. The van der Waals surface area contributed by atoms with Gasteiger partial charge in [0.2, 0.25) is 0 Å². The quantitative estimate of drug-likeness (QED) is 0.625. The van der Waals surface area contributed by atoms with Crippen LogP contribution in [0.4, 0.5) is 17.6 Å². The van der Waals surface area contributed by atoms with Crippen molar-refractivity contribution >= 4 is 11.6 Å². The second kappa shape index (κ2) is 7.64. The van der Waals surface area contributed by atoms with Gasteiger partial charge in [-0.2, -0.15) is 13.2 Å². The van der Waals surface area contributed by atoms with Gasteiger partial charge < -0.3 is 5.32 Å². The number of hydrogen-bond donors (Lipinski definition) is 1. The lowest BCUT2D eigenvalue weighted by Gasteiger charge is -2.35. The molecule has 0 spiro atoms. The van der Waals surface area contributed by atoms with Crippen LogP contribution in [0.15, 0.2) is 24.8 Å². The topological polar surface area (TPSA) is 15.3 Å². The van der Waals surface area contributed by atoms with Crippen LogP contribution < -0.4 is 5.32 Å². The minimum absolute atomic E-state index is 0.00794. The summed E-state index contributed by atoms with van der Waals surface area (Å²) in [7, 11) is 0. The van der Waals surface area contributed by atoms with Gasteiger partial charge in [0.15, 0.2) is 0 Å². The van der Waals surface area contributed by atoms with Crippen LogP contribution in [0, 0.1) is 5.82 Å². The molecule has 1 aromatic carbocycles. The Bertz CT molecular complexity index is 554. The molecule has 0 amide bonds. The minimum Gasteiger partial charge on any atom is -0.314 e. The Labute approximate surface area is 138 Å². The number of nitrogens with one attached hydrogen (secondary N) is 1. The number of halogens is 5. The lowest BCUT2D eigenvalue weighted by atomic mass is 9.96. The zero-order chi connectivity index (χ0) is 17.0. The van der Waals surface area contributed by atoms with Crippen LogP contribution in [0.25, 0.3) is 0 Å². The second-order valence-corrected chi connectivity index (χ2v) is 5.93. The second-order valence-electron chi connectivity index (χ2n) is 5.53. The molecule has 1 saturated heterocycles. The molecule has 23 heavy (non-hydrogen) atoms. The molecule has 1 heterocycles. The van der Waals surface area contributed by atoms with Crippen LogP contribution in [0.2, 0.25) is 5.02 Å². The van der Waals surface area contributed by atoms with Gasteiger partial charge in [-0.3, -0.25) is 4.90 Å². The predicted molar refractivity (Wildman–Crippen MR) is 83.0 cm³/mol. The molecule has 1 aliphatic rings. The van der Waals surface area contributed by atoms with E-state index in [9.17, 15) is 17.6 Å². The minimum atomic E-state index is -4.56. The van der Waals surface area contributed by atoms with Gasteiger partial charge in [-0.15, -0.1) is 6.58 Å². The van der Waals surface area contributed by atoms with E-state index in [1.165, 1.54) is 0 Å². The van der Waals surface area contributed by atoms with E-state index in [0.717, 1.165) is 19.2 Å². The van der Waals surface area contributed by atoms with Gasteiger partial charge in [0, 0.05) is 37.8 Å². The molecule has 1 aliphatic heterocycles. The molecule has 0 aromatic heterocycles. The van der Waals surface area contributed by atoms with Crippen LogP contribution in [-0.4, -0.2) is 31.1 Å². The van der Waals surface area contributed by atoms with Crippen molar-refractivity contribution in [2.24, 2.45) is 0 Å². The first-order chi connectivity index (χ1) is 10.8. The molecule has 1 aromatic rings. The smallest absolute Gasteiger partial charge is 0.314 e. The Kier molecular flexibility index (Phi) is 6.06. The summed E-state index contributed by atoms with van der Waals surface area (Å²) in [6.07, 6.45) is -1.79. The number of benzene rings is 1. The number of hydrogen-bond acceptors (Lipinski definition) is 2. The standard InChI is InChI=1S/C16H19ClF4N2/c1-2-3-4-14(23-7-5-22-6-8-23)12-9-11(16(19,20)21)10-13(17)15(12)18/h2,9-10,14,22H,1,3-8H2/t14-/m1/s1. The normalized spacial score (nSPS) is 18.0. The summed E-state index contributed by atoms with van der Waals surface area (Å²) >= 11 is 5.72. The lowest BCUT2D eigenvalue weighted by molar-refractivity contribution is -0.137. The Morgan fingerprint density at radius 1 is 1.30 bits per heavy atom. The van der Waals surface area contributed by atoms with Gasteiger partial charge in [-0.1, -0.05) is 17.7 Å². The van der Waals surface area contributed by atoms with Gasteiger partial charge in [0.05, 0.1) is 10.6 Å². The molecule has 0 radical (unpaired) electrons. The van der Waals surface area contributed by atoms with E-state index < -0.39 is 28.6 Å². The molecule has 0 aliphatic carbocycles. The van der Waals surface area contributed by atoms with Gasteiger partial charge in [0.25, 0.3) is 0 Å². The number of alkyl halides is 3. The van der Waals surface area contributed by atoms with Gasteiger partial charge in [-0.25, -0.2) is 4.39 Å². The molecule has 2 rings (SSSR count). The Morgan fingerprint density at radius 2 is 1.96 bits per heavy atom. The molecule has 1 atom stereocenters. The first-order valence-corrected chi connectivity index (χ1v) is 7.84. The fourth-order valence-electron chi connectivity index (χ4n) is 2.82. The summed E-state index contributed by atoms with van der Waals surface area (Å²) in [4.78, 5) is 1.99. The monoisotopic (exact) mass is 350 g/mol. The molecule has 2 nitrogen and oxygen atoms in total. The summed E-state index contributed by atoms with van der Waals surface area (Å²) in [5.74, 6) is -0.771. The van der Waals surface area contributed by atoms with Crippen LogP contribution in [0.5, 0.6) is 0 Å². The zero-order valence-corrected chi connectivity index (χ0v) is 13.4. The van der Waals surface area contributed by atoms with E-state index in [1.54, 1.807) is 6.08 Å². The summed E-state index contributed by atoms with van der Waals surface area (Å²) in [5.41, 5.74) is -0.911. The predicted octanol–water partition coefficient (Wildman–Crippen LogP) is 4.41. The van der Waals surface area contributed by atoms with Crippen LogP contribution in [-0.2, 0) is 6.18 Å². The van der Waals surface area contributed by atoms with Crippen molar-refractivity contribution in [3.05, 3.63) is 46.8 Å². The molecule has 0 saturated carbocycles. The van der Waals surface area contributed by atoms with Gasteiger partial charge in [-0.05, 0) is 25.0 Å². The SMILES string of the molecule is C=CCC[C@H](c1cc(C(F)(F)F)cc(Cl)c1F)N1CCNCC1. The van der Waals surface area contributed by atoms with Crippen molar-refractivity contribution in [1.29, 1.82) is 0 Å². The van der Waals surface area contributed by atoms with Gasteiger partial charge >= 0.3 is 6.18 Å². The van der Waals surface area contributed by atoms with Crippen LogP contribution in [0.3, 0.4) is 0 Å². The third kappa shape index (κ3) is 4.46. The van der Waals surface area contributed by atoms with Crippen molar-refractivity contribution in [1.82, 2.24) is 10.2 Å². The average molecular weight is 351 g/mol. The molecule has 0 unspecified atom stereocenters. The van der Waals surface area contributed by atoms with Crippen LogP contribution in [0.1, 0.15) is 30.0 Å². The van der Waals surface area contributed by atoms with Gasteiger partial charge in [0.1, 0.15) is 5.82 Å². The molecule has 1 N–H and O–H groups in total. The Hall–Kier alpha value is -1.11. The molecule has 128 valence electrons. The maximum absolute atomic E-state index is 14.4. The maximum atomic E-state index is 14.4. The highest BCUT2D eigenvalue weighted by atomic mass is 35.5. The molecular formula is C16H19ClF4N2. The number of piperazine rings is 1. The summed E-state index contributed by atoms with van der Waals surface area (Å²) < 4.78 is 53.5. The van der Waals surface area contributed by atoms with Crippen molar-refractivity contribution in [3.8, 4) is 0 Å². The fraction of sp³-hybridized carbons (Fsp3) is 0.500. The largest absolute Gasteiger partial charge is 0.416 e. The average Bonchev–Trinajstić information content (AvgIpc) is 2.51.